The molecule has 1 aromatic heterocycles. The van der Waals surface area contributed by atoms with Gasteiger partial charge in [0.25, 0.3) is 0 Å². The van der Waals surface area contributed by atoms with Crippen LogP contribution in [-0.4, -0.2) is 76.6 Å². The van der Waals surface area contributed by atoms with Crippen LogP contribution in [0, 0.1) is 12.7 Å². The van der Waals surface area contributed by atoms with Gasteiger partial charge in [0.05, 0.1) is 13.1 Å². The van der Waals surface area contributed by atoms with Gasteiger partial charge in [0.15, 0.2) is 0 Å². The summed E-state index contributed by atoms with van der Waals surface area (Å²) in [5.74, 6) is 0.924. The SMILES string of the molecule is Cc1ccc(-c2noc(CN3CCN(CC(=O)N4CCCCCC4)CC3)n2)cc1F. The van der Waals surface area contributed by atoms with Crippen molar-refractivity contribution >= 4 is 5.91 Å². The summed E-state index contributed by atoms with van der Waals surface area (Å²) in [7, 11) is 0. The second kappa shape index (κ2) is 9.66. The first-order valence-electron chi connectivity index (χ1n) is 10.9. The van der Waals surface area contributed by atoms with Gasteiger partial charge in [-0.05, 0) is 31.4 Å². The predicted molar refractivity (Wildman–Crippen MR) is 111 cm³/mol. The van der Waals surface area contributed by atoms with Gasteiger partial charge in [0, 0.05) is 44.8 Å². The molecule has 2 aliphatic heterocycles. The molecule has 0 radical (unpaired) electrons. The molecule has 4 rings (SSSR count). The third kappa shape index (κ3) is 5.23. The van der Waals surface area contributed by atoms with Crippen molar-refractivity contribution in [1.29, 1.82) is 0 Å². The highest BCUT2D eigenvalue weighted by atomic mass is 19.1. The Hall–Kier alpha value is -2.32. The first kappa shape index (κ1) is 20.9. The van der Waals surface area contributed by atoms with Crippen LogP contribution in [0.25, 0.3) is 11.4 Å². The summed E-state index contributed by atoms with van der Waals surface area (Å²) in [4.78, 5) is 23.5. The maximum Gasteiger partial charge on any atom is 0.241 e. The lowest BCUT2D eigenvalue weighted by molar-refractivity contribution is -0.132. The standard InChI is InChI=1S/C22H30FN5O2/c1-17-6-7-18(14-19(17)23)22-24-20(30-25-22)15-26-10-12-27(13-11-26)16-21(29)28-8-4-2-3-5-9-28/h6-7,14H,2-5,8-13,15-16H2,1H3. The molecule has 3 heterocycles. The number of likely N-dealkylation sites (tertiary alicyclic amines) is 1. The Morgan fingerprint density at radius 1 is 1.03 bits per heavy atom. The molecule has 0 atom stereocenters. The minimum atomic E-state index is -0.273. The number of carbonyl (C=O) groups is 1. The van der Waals surface area contributed by atoms with Crippen LogP contribution >= 0.6 is 0 Å². The third-order valence-electron chi connectivity index (χ3n) is 6.04. The smallest absolute Gasteiger partial charge is 0.241 e. The fourth-order valence-corrected chi connectivity index (χ4v) is 4.08. The van der Waals surface area contributed by atoms with Crippen LogP contribution in [0.2, 0.25) is 0 Å². The monoisotopic (exact) mass is 415 g/mol. The Morgan fingerprint density at radius 3 is 2.43 bits per heavy atom. The number of aromatic nitrogens is 2. The van der Waals surface area contributed by atoms with E-state index in [1.807, 2.05) is 4.90 Å². The second-order valence-electron chi connectivity index (χ2n) is 8.32. The fraction of sp³-hybridized carbons (Fsp3) is 0.591. The number of hydrogen-bond donors (Lipinski definition) is 0. The summed E-state index contributed by atoms with van der Waals surface area (Å²) in [6.45, 7) is 8.02. The van der Waals surface area contributed by atoms with Crippen molar-refractivity contribution in [2.24, 2.45) is 0 Å². The predicted octanol–water partition coefficient (Wildman–Crippen LogP) is 2.70. The largest absolute Gasteiger partial charge is 0.342 e. The average Bonchev–Trinajstić information content (AvgIpc) is 3.03. The number of hydrogen-bond acceptors (Lipinski definition) is 6. The zero-order valence-electron chi connectivity index (χ0n) is 17.6. The lowest BCUT2D eigenvalue weighted by Gasteiger charge is -2.34. The Kier molecular flexibility index (Phi) is 6.74. The van der Waals surface area contributed by atoms with E-state index in [1.54, 1.807) is 19.1 Å². The van der Waals surface area contributed by atoms with Gasteiger partial charge >= 0.3 is 0 Å². The molecular weight excluding hydrogens is 385 g/mol. The molecule has 1 aromatic carbocycles. The fourth-order valence-electron chi connectivity index (χ4n) is 4.08. The van der Waals surface area contributed by atoms with Gasteiger partial charge in [-0.2, -0.15) is 4.98 Å². The number of nitrogens with zero attached hydrogens (tertiary/aromatic N) is 5. The molecule has 162 valence electrons. The third-order valence-corrected chi connectivity index (χ3v) is 6.04. The minimum Gasteiger partial charge on any atom is -0.342 e. The number of carbonyl (C=O) groups excluding carboxylic acids is 1. The van der Waals surface area contributed by atoms with Crippen LogP contribution < -0.4 is 0 Å². The molecule has 0 spiro atoms. The molecule has 2 saturated heterocycles. The summed E-state index contributed by atoms with van der Waals surface area (Å²) in [6, 6.07) is 4.95. The summed E-state index contributed by atoms with van der Waals surface area (Å²) in [5.41, 5.74) is 1.21. The molecule has 8 heteroatoms. The Balaban J connectivity index is 1.25. The first-order chi connectivity index (χ1) is 14.6. The quantitative estimate of drug-likeness (QED) is 0.748. The number of piperazine rings is 1. The van der Waals surface area contributed by atoms with E-state index in [0.717, 1.165) is 52.1 Å². The summed E-state index contributed by atoms with van der Waals surface area (Å²) < 4.78 is 19.2. The normalized spacial score (nSPS) is 19.1. The van der Waals surface area contributed by atoms with Gasteiger partial charge in [-0.15, -0.1) is 0 Å². The lowest BCUT2D eigenvalue weighted by atomic mass is 10.1. The van der Waals surface area contributed by atoms with Gasteiger partial charge in [-0.25, -0.2) is 4.39 Å². The maximum atomic E-state index is 13.8. The molecule has 0 aliphatic carbocycles. The number of aryl methyl sites for hydroxylation is 1. The highest BCUT2D eigenvalue weighted by Gasteiger charge is 2.23. The Morgan fingerprint density at radius 2 is 1.73 bits per heavy atom. The molecule has 0 N–H and O–H groups in total. The zero-order chi connectivity index (χ0) is 20.9. The van der Waals surface area contributed by atoms with E-state index in [9.17, 15) is 9.18 Å². The first-order valence-corrected chi connectivity index (χ1v) is 10.9. The van der Waals surface area contributed by atoms with E-state index in [1.165, 1.54) is 18.9 Å². The number of halogens is 1. The van der Waals surface area contributed by atoms with Gasteiger partial charge in [-0.1, -0.05) is 30.1 Å². The van der Waals surface area contributed by atoms with Crippen LogP contribution in [0.15, 0.2) is 22.7 Å². The van der Waals surface area contributed by atoms with E-state index in [2.05, 4.69) is 19.9 Å². The van der Waals surface area contributed by atoms with Crippen molar-refractivity contribution < 1.29 is 13.7 Å². The van der Waals surface area contributed by atoms with Gasteiger partial charge < -0.3 is 9.42 Å². The average molecular weight is 416 g/mol. The molecule has 2 aromatic rings. The number of rotatable bonds is 5. The maximum absolute atomic E-state index is 13.8. The van der Waals surface area contributed by atoms with E-state index in [4.69, 9.17) is 4.52 Å². The second-order valence-corrected chi connectivity index (χ2v) is 8.32. The van der Waals surface area contributed by atoms with Crippen molar-refractivity contribution in [3.05, 3.63) is 35.5 Å². The van der Waals surface area contributed by atoms with Crippen LogP contribution in [0.5, 0.6) is 0 Å². The van der Waals surface area contributed by atoms with E-state index < -0.39 is 0 Å². The highest BCUT2D eigenvalue weighted by Crippen LogP contribution is 2.20. The molecule has 1 amide bonds. The van der Waals surface area contributed by atoms with Crippen LogP contribution in [-0.2, 0) is 11.3 Å². The van der Waals surface area contributed by atoms with Crippen LogP contribution in [0.3, 0.4) is 0 Å². The molecule has 0 saturated carbocycles. The molecule has 7 nitrogen and oxygen atoms in total. The van der Waals surface area contributed by atoms with Crippen molar-refractivity contribution in [1.82, 2.24) is 24.8 Å². The molecule has 2 aliphatic rings. The van der Waals surface area contributed by atoms with E-state index >= 15 is 0 Å². The van der Waals surface area contributed by atoms with Gasteiger partial charge in [0.1, 0.15) is 5.82 Å². The van der Waals surface area contributed by atoms with Gasteiger partial charge in [-0.3, -0.25) is 14.6 Å². The van der Waals surface area contributed by atoms with E-state index in [-0.39, 0.29) is 11.7 Å². The number of amides is 1. The van der Waals surface area contributed by atoms with Crippen molar-refractivity contribution in [2.75, 3.05) is 45.8 Å². The topological polar surface area (TPSA) is 65.7 Å². The van der Waals surface area contributed by atoms with Crippen molar-refractivity contribution in [2.45, 2.75) is 39.2 Å². The van der Waals surface area contributed by atoms with Gasteiger partial charge in [0.2, 0.25) is 17.6 Å². The molecule has 0 bridgehead atoms. The summed E-state index contributed by atoms with van der Waals surface area (Å²) in [5, 5.41) is 4.00. The number of benzene rings is 1. The molecule has 0 unspecified atom stereocenters. The van der Waals surface area contributed by atoms with Crippen molar-refractivity contribution in [3.8, 4) is 11.4 Å². The highest BCUT2D eigenvalue weighted by molar-refractivity contribution is 5.78. The summed E-state index contributed by atoms with van der Waals surface area (Å²) >= 11 is 0. The Labute approximate surface area is 176 Å². The molecular formula is C22H30FN5O2. The van der Waals surface area contributed by atoms with Crippen LogP contribution in [0.1, 0.15) is 37.1 Å². The summed E-state index contributed by atoms with van der Waals surface area (Å²) in [6.07, 6.45) is 4.72. The molecule has 2 fully saturated rings. The zero-order valence-corrected chi connectivity index (χ0v) is 17.6. The lowest BCUT2D eigenvalue weighted by Crippen LogP contribution is -2.49. The van der Waals surface area contributed by atoms with Crippen LogP contribution in [0.4, 0.5) is 4.39 Å². The Bertz CT molecular complexity index is 855. The van der Waals surface area contributed by atoms with E-state index in [0.29, 0.717) is 35.9 Å². The minimum absolute atomic E-state index is 0.261. The van der Waals surface area contributed by atoms with Crippen molar-refractivity contribution in [3.63, 3.8) is 0 Å². The molecule has 30 heavy (non-hydrogen) atoms.